The fourth-order valence-corrected chi connectivity index (χ4v) is 2.63. The molecule has 1 amide bonds. The molecule has 0 aromatic heterocycles. The van der Waals surface area contributed by atoms with Crippen LogP contribution in [-0.4, -0.2) is 18.6 Å². The van der Waals surface area contributed by atoms with Crippen molar-refractivity contribution in [3.05, 3.63) is 29.8 Å². The van der Waals surface area contributed by atoms with Crippen LogP contribution in [0.15, 0.2) is 24.3 Å². The number of ether oxygens (including phenoxy) is 1. The van der Waals surface area contributed by atoms with Gasteiger partial charge in [0, 0.05) is 11.6 Å². The molecule has 0 radical (unpaired) electrons. The maximum Gasteiger partial charge on any atom is 0.251 e. The predicted molar refractivity (Wildman–Crippen MR) is 85.7 cm³/mol. The van der Waals surface area contributed by atoms with Crippen molar-refractivity contribution in [2.24, 2.45) is 5.92 Å². The van der Waals surface area contributed by atoms with Crippen molar-refractivity contribution < 1.29 is 9.53 Å². The largest absolute Gasteiger partial charge is 0.494 e. The standard InChI is InChI=1S/C18H27NO2/c1-14(2)12-13-21-17-10-8-15(9-11-17)18(20)19-16-6-4-3-5-7-16/h8-11,14,16H,3-7,12-13H2,1-2H3,(H,19,20). The zero-order valence-electron chi connectivity index (χ0n) is 13.2. The minimum atomic E-state index is 0.0376. The van der Waals surface area contributed by atoms with Crippen molar-refractivity contribution >= 4 is 5.91 Å². The summed E-state index contributed by atoms with van der Waals surface area (Å²) in [6.45, 7) is 5.09. The van der Waals surface area contributed by atoms with Gasteiger partial charge in [0.05, 0.1) is 6.61 Å². The lowest BCUT2D eigenvalue weighted by Gasteiger charge is -2.22. The minimum absolute atomic E-state index is 0.0376. The molecule has 1 aliphatic carbocycles. The summed E-state index contributed by atoms with van der Waals surface area (Å²) in [6, 6.07) is 7.83. The molecule has 116 valence electrons. The van der Waals surface area contributed by atoms with E-state index in [1.807, 2.05) is 24.3 Å². The number of rotatable bonds is 6. The summed E-state index contributed by atoms with van der Waals surface area (Å²) < 4.78 is 5.67. The van der Waals surface area contributed by atoms with E-state index in [4.69, 9.17) is 4.74 Å². The van der Waals surface area contributed by atoms with Crippen molar-refractivity contribution in [2.75, 3.05) is 6.61 Å². The van der Waals surface area contributed by atoms with E-state index in [0.717, 1.165) is 37.2 Å². The summed E-state index contributed by atoms with van der Waals surface area (Å²) >= 11 is 0. The number of amides is 1. The van der Waals surface area contributed by atoms with Gasteiger partial charge in [-0.15, -0.1) is 0 Å². The molecule has 2 rings (SSSR count). The highest BCUT2D eigenvalue weighted by molar-refractivity contribution is 5.94. The quantitative estimate of drug-likeness (QED) is 0.853. The Labute approximate surface area is 128 Å². The van der Waals surface area contributed by atoms with Crippen molar-refractivity contribution in [2.45, 2.75) is 58.4 Å². The smallest absolute Gasteiger partial charge is 0.251 e. The van der Waals surface area contributed by atoms with Gasteiger partial charge >= 0.3 is 0 Å². The average molecular weight is 289 g/mol. The molecule has 1 N–H and O–H groups in total. The first-order chi connectivity index (χ1) is 10.1. The molecule has 0 saturated heterocycles. The Morgan fingerprint density at radius 1 is 1.19 bits per heavy atom. The Morgan fingerprint density at radius 2 is 1.86 bits per heavy atom. The first kappa shape index (κ1) is 15.9. The van der Waals surface area contributed by atoms with Crippen LogP contribution in [0.3, 0.4) is 0 Å². The molecule has 0 atom stereocenters. The van der Waals surface area contributed by atoms with E-state index in [1.165, 1.54) is 19.3 Å². The maximum atomic E-state index is 12.2. The molecule has 1 aromatic rings. The van der Waals surface area contributed by atoms with Crippen LogP contribution in [-0.2, 0) is 0 Å². The molecule has 0 aliphatic heterocycles. The number of hydrogen-bond acceptors (Lipinski definition) is 2. The number of carbonyl (C=O) groups excluding carboxylic acids is 1. The molecule has 0 heterocycles. The second kappa shape index (κ2) is 8.06. The molecule has 3 heteroatoms. The van der Waals surface area contributed by atoms with Gasteiger partial charge in [-0.1, -0.05) is 33.1 Å². The molecule has 0 bridgehead atoms. The van der Waals surface area contributed by atoms with E-state index in [-0.39, 0.29) is 5.91 Å². The summed E-state index contributed by atoms with van der Waals surface area (Å²) in [6.07, 6.45) is 7.03. The van der Waals surface area contributed by atoms with Crippen LogP contribution in [0.2, 0.25) is 0 Å². The molecule has 1 fully saturated rings. The molecule has 21 heavy (non-hydrogen) atoms. The molecule has 0 spiro atoms. The molecule has 3 nitrogen and oxygen atoms in total. The zero-order valence-corrected chi connectivity index (χ0v) is 13.2. The third kappa shape index (κ3) is 5.41. The van der Waals surface area contributed by atoms with Crippen molar-refractivity contribution in [1.82, 2.24) is 5.32 Å². The first-order valence-corrected chi connectivity index (χ1v) is 8.19. The molecular formula is C18H27NO2. The van der Waals surface area contributed by atoms with E-state index in [1.54, 1.807) is 0 Å². The van der Waals surface area contributed by atoms with Gasteiger partial charge in [-0.2, -0.15) is 0 Å². The Morgan fingerprint density at radius 3 is 2.48 bits per heavy atom. The van der Waals surface area contributed by atoms with E-state index in [0.29, 0.717) is 12.0 Å². The van der Waals surface area contributed by atoms with Gasteiger partial charge in [-0.3, -0.25) is 4.79 Å². The molecular weight excluding hydrogens is 262 g/mol. The third-order valence-electron chi connectivity index (χ3n) is 4.02. The van der Waals surface area contributed by atoms with Gasteiger partial charge in [-0.25, -0.2) is 0 Å². The van der Waals surface area contributed by atoms with Crippen LogP contribution >= 0.6 is 0 Å². The topological polar surface area (TPSA) is 38.3 Å². The Hall–Kier alpha value is -1.51. The van der Waals surface area contributed by atoms with E-state index < -0.39 is 0 Å². The van der Waals surface area contributed by atoms with Crippen LogP contribution in [0, 0.1) is 5.92 Å². The molecule has 1 aliphatic rings. The van der Waals surface area contributed by atoms with Gasteiger partial charge in [-0.05, 0) is 49.4 Å². The zero-order chi connectivity index (χ0) is 15.1. The number of benzene rings is 1. The third-order valence-corrected chi connectivity index (χ3v) is 4.02. The van der Waals surface area contributed by atoms with Crippen LogP contribution in [0.4, 0.5) is 0 Å². The Kier molecular flexibility index (Phi) is 6.09. The van der Waals surface area contributed by atoms with Crippen LogP contribution in [0.25, 0.3) is 0 Å². The van der Waals surface area contributed by atoms with E-state index in [9.17, 15) is 4.79 Å². The highest BCUT2D eigenvalue weighted by Gasteiger charge is 2.16. The van der Waals surface area contributed by atoms with Crippen LogP contribution in [0.1, 0.15) is 62.7 Å². The van der Waals surface area contributed by atoms with Crippen molar-refractivity contribution in [1.29, 1.82) is 0 Å². The van der Waals surface area contributed by atoms with Crippen LogP contribution in [0.5, 0.6) is 5.75 Å². The molecule has 0 unspecified atom stereocenters. The molecule has 1 aromatic carbocycles. The van der Waals surface area contributed by atoms with E-state index >= 15 is 0 Å². The number of nitrogens with one attached hydrogen (secondary N) is 1. The Balaban J connectivity index is 1.81. The highest BCUT2D eigenvalue weighted by Crippen LogP contribution is 2.18. The van der Waals surface area contributed by atoms with Gasteiger partial charge in [0.15, 0.2) is 0 Å². The fourth-order valence-electron chi connectivity index (χ4n) is 2.63. The second-order valence-electron chi connectivity index (χ2n) is 6.36. The highest BCUT2D eigenvalue weighted by atomic mass is 16.5. The SMILES string of the molecule is CC(C)CCOc1ccc(C(=O)NC2CCCCC2)cc1. The number of hydrogen-bond donors (Lipinski definition) is 1. The maximum absolute atomic E-state index is 12.2. The monoisotopic (exact) mass is 289 g/mol. The van der Waals surface area contributed by atoms with Gasteiger partial charge in [0.1, 0.15) is 5.75 Å². The van der Waals surface area contributed by atoms with Crippen LogP contribution < -0.4 is 10.1 Å². The van der Waals surface area contributed by atoms with Gasteiger partial charge in [0.25, 0.3) is 5.91 Å². The average Bonchev–Trinajstić information content (AvgIpc) is 2.48. The summed E-state index contributed by atoms with van der Waals surface area (Å²) in [5, 5.41) is 3.13. The Bertz CT molecular complexity index is 433. The normalized spacial score (nSPS) is 16.0. The second-order valence-corrected chi connectivity index (χ2v) is 6.36. The van der Waals surface area contributed by atoms with E-state index in [2.05, 4.69) is 19.2 Å². The lowest BCUT2D eigenvalue weighted by Crippen LogP contribution is -2.36. The first-order valence-electron chi connectivity index (χ1n) is 8.19. The van der Waals surface area contributed by atoms with Crippen molar-refractivity contribution in [3.8, 4) is 5.75 Å². The summed E-state index contributed by atoms with van der Waals surface area (Å²) in [5.41, 5.74) is 0.719. The number of carbonyl (C=O) groups is 1. The van der Waals surface area contributed by atoms with Crippen molar-refractivity contribution in [3.63, 3.8) is 0 Å². The predicted octanol–water partition coefficient (Wildman–Crippen LogP) is 4.17. The fraction of sp³-hybridized carbons (Fsp3) is 0.611. The lowest BCUT2D eigenvalue weighted by molar-refractivity contribution is 0.0927. The lowest BCUT2D eigenvalue weighted by atomic mass is 9.95. The summed E-state index contributed by atoms with van der Waals surface area (Å²) in [4.78, 5) is 12.2. The van der Waals surface area contributed by atoms with Gasteiger partial charge < -0.3 is 10.1 Å². The minimum Gasteiger partial charge on any atom is -0.494 e. The summed E-state index contributed by atoms with van der Waals surface area (Å²) in [5.74, 6) is 1.52. The molecule has 1 saturated carbocycles. The summed E-state index contributed by atoms with van der Waals surface area (Å²) in [7, 11) is 0. The van der Waals surface area contributed by atoms with Gasteiger partial charge in [0.2, 0.25) is 0 Å².